The van der Waals surface area contributed by atoms with Crippen LogP contribution in [0.5, 0.6) is 0 Å². The van der Waals surface area contributed by atoms with E-state index in [0.717, 1.165) is 23.4 Å². The van der Waals surface area contributed by atoms with Crippen molar-refractivity contribution in [3.8, 4) is 6.07 Å². The molecule has 1 aromatic heterocycles. The molecule has 2 aromatic rings. The third-order valence-electron chi connectivity index (χ3n) is 2.87. The van der Waals surface area contributed by atoms with Crippen LogP contribution in [-0.4, -0.2) is 0 Å². The molecule has 3 heteroatoms. The van der Waals surface area contributed by atoms with Gasteiger partial charge in [0.05, 0.1) is 24.8 Å². The second kappa shape index (κ2) is 5.92. The van der Waals surface area contributed by atoms with Crippen molar-refractivity contribution in [1.82, 2.24) is 0 Å². The Bertz CT molecular complexity index is 508. The summed E-state index contributed by atoms with van der Waals surface area (Å²) in [6.45, 7) is 2.12. The summed E-state index contributed by atoms with van der Waals surface area (Å²) in [7, 11) is 0. The van der Waals surface area contributed by atoms with Crippen LogP contribution in [0.15, 0.2) is 47.1 Å². The fourth-order valence-electron chi connectivity index (χ4n) is 1.88. The molecule has 0 aliphatic rings. The third-order valence-corrected chi connectivity index (χ3v) is 2.87. The number of furan rings is 1. The monoisotopic (exact) mass is 240 g/mol. The van der Waals surface area contributed by atoms with Crippen molar-refractivity contribution in [1.29, 1.82) is 5.26 Å². The van der Waals surface area contributed by atoms with Crippen LogP contribution in [0.3, 0.4) is 0 Å². The van der Waals surface area contributed by atoms with Gasteiger partial charge in [0.2, 0.25) is 0 Å². The molecule has 0 amide bonds. The molecule has 0 aliphatic heterocycles. The molecule has 0 aliphatic carbocycles. The van der Waals surface area contributed by atoms with Crippen LogP contribution in [0.4, 0.5) is 5.69 Å². The molecule has 0 radical (unpaired) electrons. The SMILES string of the molecule is CCC(Nc1ccc(CC#N)cc1)c1ccco1. The number of hydrogen-bond donors (Lipinski definition) is 1. The molecule has 1 atom stereocenters. The normalized spacial score (nSPS) is 11.8. The average Bonchev–Trinajstić information content (AvgIpc) is 2.92. The number of nitriles is 1. The molecule has 1 heterocycles. The van der Waals surface area contributed by atoms with Crippen molar-refractivity contribution < 1.29 is 4.42 Å². The topological polar surface area (TPSA) is 49.0 Å². The molecule has 0 bridgehead atoms. The summed E-state index contributed by atoms with van der Waals surface area (Å²) >= 11 is 0. The smallest absolute Gasteiger partial charge is 0.125 e. The van der Waals surface area contributed by atoms with Crippen LogP contribution in [-0.2, 0) is 6.42 Å². The average molecular weight is 240 g/mol. The molecule has 92 valence electrons. The summed E-state index contributed by atoms with van der Waals surface area (Å²) in [6.07, 6.45) is 3.10. The van der Waals surface area contributed by atoms with Crippen LogP contribution in [0.2, 0.25) is 0 Å². The van der Waals surface area contributed by atoms with E-state index >= 15 is 0 Å². The van der Waals surface area contributed by atoms with Crippen LogP contribution in [0.1, 0.15) is 30.7 Å². The zero-order chi connectivity index (χ0) is 12.8. The second-order valence-electron chi connectivity index (χ2n) is 4.15. The van der Waals surface area contributed by atoms with Gasteiger partial charge >= 0.3 is 0 Å². The molecule has 3 nitrogen and oxygen atoms in total. The van der Waals surface area contributed by atoms with Gasteiger partial charge in [0.1, 0.15) is 5.76 Å². The summed E-state index contributed by atoms with van der Waals surface area (Å²) in [5.74, 6) is 0.943. The minimum atomic E-state index is 0.182. The molecule has 18 heavy (non-hydrogen) atoms. The first-order valence-electron chi connectivity index (χ1n) is 6.09. The van der Waals surface area contributed by atoms with E-state index in [0.29, 0.717) is 6.42 Å². The van der Waals surface area contributed by atoms with Gasteiger partial charge in [-0.2, -0.15) is 5.26 Å². The summed E-state index contributed by atoms with van der Waals surface area (Å²) in [5, 5.41) is 12.0. The molecule has 0 fully saturated rings. The minimum absolute atomic E-state index is 0.182. The first kappa shape index (κ1) is 12.3. The van der Waals surface area contributed by atoms with Crippen molar-refractivity contribution in [2.75, 3.05) is 5.32 Å². The molecule has 1 aromatic carbocycles. The highest BCUT2D eigenvalue weighted by molar-refractivity contribution is 5.46. The van der Waals surface area contributed by atoms with Gasteiger partial charge in [-0.1, -0.05) is 19.1 Å². The van der Waals surface area contributed by atoms with Gasteiger partial charge in [0.25, 0.3) is 0 Å². The lowest BCUT2D eigenvalue weighted by molar-refractivity contribution is 0.474. The fourth-order valence-corrected chi connectivity index (χ4v) is 1.88. The number of nitrogens with zero attached hydrogens (tertiary/aromatic N) is 1. The van der Waals surface area contributed by atoms with Crippen molar-refractivity contribution >= 4 is 5.69 Å². The maximum Gasteiger partial charge on any atom is 0.125 e. The Hall–Kier alpha value is -2.21. The van der Waals surface area contributed by atoms with Crippen LogP contribution >= 0.6 is 0 Å². The molecule has 0 saturated heterocycles. The maximum absolute atomic E-state index is 8.62. The van der Waals surface area contributed by atoms with Crippen LogP contribution in [0.25, 0.3) is 0 Å². The summed E-state index contributed by atoms with van der Waals surface area (Å²) in [5.41, 5.74) is 2.08. The standard InChI is InChI=1S/C15H16N2O/c1-2-14(15-4-3-11-18-15)17-13-7-5-12(6-8-13)9-10-16/h3-8,11,14,17H,2,9H2,1H3. The molecule has 1 N–H and O–H groups in total. The number of nitrogens with one attached hydrogen (secondary N) is 1. The highest BCUT2D eigenvalue weighted by Gasteiger charge is 2.11. The zero-order valence-corrected chi connectivity index (χ0v) is 10.4. The number of rotatable bonds is 5. The van der Waals surface area contributed by atoms with Gasteiger partial charge < -0.3 is 9.73 Å². The molecular formula is C15H16N2O. The highest BCUT2D eigenvalue weighted by atomic mass is 16.3. The molecule has 0 saturated carbocycles. The van der Waals surface area contributed by atoms with Crippen LogP contribution < -0.4 is 5.32 Å². The largest absolute Gasteiger partial charge is 0.467 e. The fraction of sp³-hybridized carbons (Fsp3) is 0.267. The molecule has 2 rings (SSSR count). The van der Waals surface area contributed by atoms with E-state index in [2.05, 4.69) is 18.3 Å². The predicted octanol–water partition coefficient (Wildman–Crippen LogP) is 3.91. The van der Waals surface area contributed by atoms with Crippen molar-refractivity contribution in [3.05, 3.63) is 54.0 Å². The first-order valence-corrected chi connectivity index (χ1v) is 6.09. The second-order valence-corrected chi connectivity index (χ2v) is 4.15. The van der Waals surface area contributed by atoms with Gasteiger partial charge in [-0.15, -0.1) is 0 Å². The Labute approximate surface area is 107 Å². The minimum Gasteiger partial charge on any atom is -0.467 e. The van der Waals surface area contributed by atoms with Crippen molar-refractivity contribution in [3.63, 3.8) is 0 Å². The van der Waals surface area contributed by atoms with Crippen LogP contribution in [0, 0.1) is 11.3 Å². The van der Waals surface area contributed by atoms with E-state index in [-0.39, 0.29) is 6.04 Å². The lowest BCUT2D eigenvalue weighted by Crippen LogP contribution is -2.08. The Kier molecular flexibility index (Phi) is 4.03. The molecule has 1 unspecified atom stereocenters. The zero-order valence-electron chi connectivity index (χ0n) is 10.4. The number of benzene rings is 1. The maximum atomic E-state index is 8.62. The van der Waals surface area contributed by atoms with E-state index in [9.17, 15) is 0 Å². The van der Waals surface area contributed by atoms with Gasteiger partial charge in [-0.05, 0) is 36.2 Å². The van der Waals surface area contributed by atoms with Crippen molar-refractivity contribution in [2.24, 2.45) is 0 Å². The van der Waals surface area contributed by atoms with E-state index in [4.69, 9.17) is 9.68 Å². The highest BCUT2D eigenvalue weighted by Crippen LogP contribution is 2.23. The molecular weight excluding hydrogens is 224 g/mol. The quantitative estimate of drug-likeness (QED) is 0.862. The van der Waals surface area contributed by atoms with E-state index in [1.165, 1.54) is 0 Å². The Morgan fingerprint density at radius 1 is 1.28 bits per heavy atom. The van der Waals surface area contributed by atoms with Gasteiger partial charge in [-0.25, -0.2) is 0 Å². The van der Waals surface area contributed by atoms with E-state index in [1.807, 2.05) is 36.4 Å². The van der Waals surface area contributed by atoms with E-state index in [1.54, 1.807) is 6.26 Å². The lowest BCUT2D eigenvalue weighted by Gasteiger charge is -2.16. The van der Waals surface area contributed by atoms with Gasteiger partial charge in [-0.3, -0.25) is 0 Å². The number of hydrogen-bond acceptors (Lipinski definition) is 3. The van der Waals surface area contributed by atoms with Crippen molar-refractivity contribution in [2.45, 2.75) is 25.8 Å². The Morgan fingerprint density at radius 3 is 2.61 bits per heavy atom. The summed E-state index contributed by atoms with van der Waals surface area (Å²) in [4.78, 5) is 0. The predicted molar refractivity (Wildman–Crippen MR) is 71.1 cm³/mol. The third kappa shape index (κ3) is 2.92. The number of anilines is 1. The Morgan fingerprint density at radius 2 is 2.06 bits per heavy atom. The lowest BCUT2D eigenvalue weighted by atomic mass is 10.1. The summed E-state index contributed by atoms with van der Waals surface area (Å²) in [6, 6.07) is 14.1. The molecule has 0 spiro atoms. The summed E-state index contributed by atoms with van der Waals surface area (Å²) < 4.78 is 5.42. The first-order chi connectivity index (χ1) is 8.83. The Balaban J connectivity index is 2.06. The van der Waals surface area contributed by atoms with Gasteiger partial charge in [0.15, 0.2) is 0 Å². The van der Waals surface area contributed by atoms with Gasteiger partial charge in [0, 0.05) is 5.69 Å². The van der Waals surface area contributed by atoms with E-state index < -0.39 is 0 Å².